The number of nitrogens with zero attached hydrogens (tertiary/aromatic N) is 2. The maximum atomic E-state index is 6.05. The summed E-state index contributed by atoms with van der Waals surface area (Å²) in [4.78, 5) is 0. The summed E-state index contributed by atoms with van der Waals surface area (Å²) in [5, 5.41) is 8.58. The Hall–Kier alpha value is -2.82. The Kier molecular flexibility index (Phi) is 5.44. The molecule has 0 radical (unpaired) electrons. The summed E-state index contributed by atoms with van der Waals surface area (Å²) in [5.41, 5.74) is 4.23. The Morgan fingerprint density at radius 3 is 1.66 bits per heavy atom. The van der Waals surface area contributed by atoms with Gasteiger partial charge in [-0.25, -0.2) is 0 Å². The highest BCUT2D eigenvalue weighted by Gasteiger charge is 2.22. The number of rotatable bonds is 4. The normalized spacial score (nSPS) is 12.1. The summed E-state index contributed by atoms with van der Waals surface area (Å²) in [5.74, 6) is 2.23. The fourth-order valence-electron chi connectivity index (χ4n) is 3.04. The highest BCUT2D eigenvalue weighted by atomic mass is 16.5. The number of hydrogen-bond acceptors (Lipinski definition) is 5. The molecule has 29 heavy (non-hydrogen) atoms. The zero-order chi connectivity index (χ0) is 21.4. The van der Waals surface area contributed by atoms with Crippen molar-refractivity contribution in [2.45, 2.75) is 52.4 Å². The molecule has 0 atom stereocenters. The van der Waals surface area contributed by atoms with E-state index in [1.165, 1.54) is 11.1 Å². The van der Waals surface area contributed by atoms with E-state index in [-0.39, 0.29) is 10.8 Å². The number of methoxy groups -OCH3 is 2. The number of benzene rings is 2. The van der Waals surface area contributed by atoms with Crippen molar-refractivity contribution >= 4 is 0 Å². The summed E-state index contributed by atoms with van der Waals surface area (Å²) < 4.78 is 16.7. The molecule has 2 aromatic carbocycles. The predicted molar refractivity (Wildman–Crippen MR) is 116 cm³/mol. The summed E-state index contributed by atoms with van der Waals surface area (Å²) >= 11 is 0. The molecule has 0 aliphatic carbocycles. The van der Waals surface area contributed by atoms with Crippen LogP contribution in [0.3, 0.4) is 0 Å². The molecule has 0 amide bonds. The first-order chi connectivity index (χ1) is 13.5. The van der Waals surface area contributed by atoms with E-state index < -0.39 is 0 Å². The molecule has 3 rings (SSSR count). The molecular formula is C24H30N2O3. The van der Waals surface area contributed by atoms with Crippen LogP contribution in [0.5, 0.6) is 11.5 Å². The van der Waals surface area contributed by atoms with Gasteiger partial charge >= 0.3 is 0 Å². The van der Waals surface area contributed by atoms with Crippen LogP contribution < -0.4 is 9.47 Å². The highest BCUT2D eigenvalue weighted by molar-refractivity contribution is 5.63. The van der Waals surface area contributed by atoms with E-state index in [0.717, 1.165) is 11.1 Å². The minimum Gasteiger partial charge on any atom is -0.493 e. The van der Waals surface area contributed by atoms with Gasteiger partial charge in [0.25, 0.3) is 0 Å². The minimum atomic E-state index is 0.0161. The molecule has 0 bridgehead atoms. The van der Waals surface area contributed by atoms with E-state index in [2.05, 4.69) is 69.9 Å². The summed E-state index contributed by atoms with van der Waals surface area (Å²) in [7, 11) is 3.21. The minimum absolute atomic E-state index is 0.0161. The number of ether oxygens (including phenoxy) is 2. The van der Waals surface area contributed by atoms with E-state index in [0.29, 0.717) is 23.3 Å². The summed E-state index contributed by atoms with van der Waals surface area (Å²) in [6, 6.07) is 12.1. The third kappa shape index (κ3) is 4.44. The molecule has 0 aliphatic rings. The molecule has 3 aromatic rings. The molecule has 0 fully saturated rings. The van der Waals surface area contributed by atoms with Crippen LogP contribution in [-0.4, -0.2) is 24.4 Å². The first-order valence-electron chi connectivity index (χ1n) is 9.75. The van der Waals surface area contributed by atoms with Crippen molar-refractivity contribution in [2.24, 2.45) is 0 Å². The lowest BCUT2D eigenvalue weighted by Gasteiger charge is -2.25. The second kappa shape index (κ2) is 7.54. The van der Waals surface area contributed by atoms with Gasteiger partial charge in [0.2, 0.25) is 11.8 Å². The topological polar surface area (TPSA) is 57.4 Å². The van der Waals surface area contributed by atoms with E-state index >= 15 is 0 Å². The largest absolute Gasteiger partial charge is 0.493 e. The molecule has 1 aromatic heterocycles. The Balaban J connectivity index is 2.06. The molecule has 5 nitrogen and oxygen atoms in total. The summed E-state index contributed by atoms with van der Waals surface area (Å²) in [6.07, 6.45) is 0. The molecule has 5 heteroatoms. The molecular weight excluding hydrogens is 364 g/mol. The lowest BCUT2D eigenvalue weighted by atomic mass is 9.79. The Morgan fingerprint density at radius 2 is 1.17 bits per heavy atom. The second-order valence-corrected chi connectivity index (χ2v) is 9.28. The molecule has 0 spiro atoms. The predicted octanol–water partition coefficient (Wildman–Crippen LogP) is 6.02. The van der Waals surface area contributed by atoms with Crippen molar-refractivity contribution in [2.75, 3.05) is 14.2 Å². The quantitative estimate of drug-likeness (QED) is 0.542. The van der Waals surface area contributed by atoms with Crippen molar-refractivity contribution in [3.05, 3.63) is 47.5 Å². The number of aromatic nitrogens is 2. The van der Waals surface area contributed by atoms with Crippen LogP contribution in [0.2, 0.25) is 0 Å². The van der Waals surface area contributed by atoms with Gasteiger partial charge in [-0.05, 0) is 52.3 Å². The Morgan fingerprint density at radius 1 is 0.655 bits per heavy atom. The number of hydrogen-bond donors (Lipinski definition) is 0. The third-order valence-corrected chi connectivity index (χ3v) is 4.97. The van der Waals surface area contributed by atoms with Gasteiger partial charge in [-0.1, -0.05) is 47.6 Å². The van der Waals surface area contributed by atoms with Crippen LogP contribution in [0.25, 0.3) is 22.9 Å². The van der Waals surface area contributed by atoms with Gasteiger partial charge in [0.15, 0.2) is 11.5 Å². The van der Waals surface area contributed by atoms with Gasteiger partial charge in [-0.3, -0.25) is 0 Å². The van der Waals surface area contributed by atoms with E-state index in [1.807, 2.05) is 18.2 Å². The van der Waals surface area contributed by atoms with Crippen molar-refractivity contribution in [1.82, 2.24) is 10.2 Å². The van der Waals surface area contributed by atoms with Crippen molar-refractivity contribution < 1.29 is 13.9 Å². The van der Waals surface area contributed by atoms with Crippen LogP contribution in [0.4, 0.5) is 0 Å². The second-order valence-electron chi connectivity index (χ2n) is 9.28. The average Bonchev–Trinajstić information content (AvgIpc) is 3.16. The first-order valence-corrected chi connectivity index (χ1v) is 9.75. The van der Waals surface area contributed by atoms with Gasteiger partial charge in [0.05, 0.1) is 14.2 Å². The lowest BCUT2D eigenvalue weighted by Crippen LogP contribution is -2.16. The zero-order valence-corrected chi connectivity index (χ0v) is 18.6. The van der Waals surface area contributed by atoms with Crippen LogP contribution in [0, 0.1) is 0 Å². The van der Waals surface area contributed by atoms with Gasteiger partial charge in [-0.2, -0.15) is 0 Å². The molecule has 0 unspecified atom stereocenters. The van der Waals surface area contributed by atoms with Crippen molar-refractivity contribution in [3.63, 3.8) is 0 Å². The zero-order valence-electron chi connectivity index (χ0n) is 18.6. The van der Waals surface area contributed by atoms with E-state index in [1.54, 1.807) is 14.2 Å². The smallest absolute Gasteiger partial charge is 0.248 e. The van der Waals surface area contributed by atoms with Crippen molar-refractivity contribution in [1.29, 1.82) is 0 Å². The average molecular weight is 395 g/mol. The van der Waals surface area contributed by atoms with Crippen molar-refractivity contribution in [3.8, 4) is 34.4 Å². The maximum absolute atomic E-state index is 6.05. The van der Waals surface area contributed by atoms with Gasteiger partial charge in [0, 0.05) is 11.1 Å². The van der Waals surface area contributed by atoms with Crippen LogP contribution in [0.15, 0.2) is 40.8 Å². The van der Waals surface area contributed by atoms with Gasteiger partial charge in [0.1, 0.15) is 0 Å². The molecule has 154 valence electrons. The van der Waals surface area contributed by atoms with Crippen LogP contribution in [-0.2, 0) is 10.8 Å². The molecule has 0 N–H and O–H groups in total. The lowest BCUT2D eigenvalue weighted by molar-refractivity contribution is 0.355. The molecule has 1 heterocycles. The van der Waals surface area contributed by atoms with E-state index in [4.69, 9.17) is 13.9 Å². The maximum Gasteiger partial charge on any atom is 0.248 e. The molecule has 0 saturated heterocycles. The van der Waals surface area contributed by atoms with Gasteiger partial charge < -0.3 is 13.9 Å². The van der Waals surface area contributed by atoms with E-state index in [9.17, 15) is 0 Å². The monoisotopic (exact) mass is 394 g/mol. The van der Waals surface area contributed by atoms with Gasteiger partial charge in [-0.15, -0.1) is 10.2 Å². The Bertz CT molecular complexity index is 975. The van der Waals surface area contributed by atoms with Crippen LogP contribution >= 0.6 is 0 Å². The standard InChI is InChI=1S/C24H30N2O3/c1-23(2,3)17-11-16(12-18(14-17)24(4,5)6)22-26-25-21(29-22)15-9-10-19(27-7)20(13-15)28-8/h9-14H,1-8H3. The third-order valence-electron chi connectivity index (χ3n) is 4.97. The van der Waals surface area contributed by atoms with Crippen LogP contribution in [0.1, 0.15) is 52.7 Å². The fraction of sp³-hybridized carbons (Fsp3) is 0.417. The summed E-state index contributed by atoms with van der Waals surface area (Å²) in [6.45, 7) is 13.3. The Labute approximate surface area is 173 Å². The fourth-order valence-corrected chi connectivity index (χ4v) is 3.04. The first kappa shape index (κ1) is 20.9. The molecule has 0 aliphatic heterocycles. The highest BCUT2D eigenvalue weighted by Crippen LogP contribution is 2.36. The SMILES string of the molecule is COc1ccc(-c2nnc(-c3cc(C(C)(C)C)cc(C(C)(C)C)c3)o2)cc1OC. The molecule has 0 saturated carbocycles.